The van der Waals surface area contributed by atoms with Gasteiger partial charge in [-0.3, -0.25) is 14.9 Å². The smallest absolute Gasteiger partial charge is 0.269 e. The number of carbonyl (C=O) groups excluding carboxylic acids is 1. The van der Waals surface area contributed by atoms with Gasteiger partial charge in [0.25, 0.3) is 5.91 Å². The predicted molar refractivity (Wildman–Crippen MR) is 104 cm³/mol. The number of amides is 1. The van der Waals surface area contributed by atoms with Crippen LogP contribution in [0.25, 0.3) is 11.3 Å². The summed E-state index contributed by atoms with van der Waals surface area (Å²) in [7, 11) is 0. The molecule has 0 radical (unpaired) electrons. The van der Waals surface area contributed by atoms with E-state index in [1.165, 1.54) is 0 Å². The van der Waals surface area contributed by atoms with Gasteiger partial charge < -0.3 is 14.8 Å². The molecule has 2 atom stereocenters. The van der Waals surface area contributed by atoms with Crippen molar-refractivity contribution < 1.29 is 14.3 Å². The molecule has 2 N–H and O–H groups in total. The third-order valence-electron chi connectivity index (χ3n) is 4.68. The van der Waals surface area contributed by atoms with Gasteiger partial charge in [0.1, 0.15) is 11.8 Å². The first-order valence-corrected chi connectivity index (χ1v) is 9.30. The van der Waals surface area contributed by atoms with E-state index in [-0.39, 0.29) is 18.1 Å². The summed E-state index contributed by atoms with van der Waals surface area (Å²) in [5, 5.41) is 10.1. The molecule has 3 heterocycles. The molecule has 0 aliphatic carbocycles. The molecule has 1 aliphatic heterocycles. The lowest BCUT2D eigenvalue weighted by Crippen LogP contribution is -2.50. The molecule has 3 aromatic rings. The SMILES string of the molecule is O=C(N[C@@H]1CCOC[C@H]1OCc1ccccn1)c1cc(-c2ccccc2)n[nH]1. The van der Waals surface area contributed by atoms with Crippen molar-refractivity contribution in [1.82, 2.24) is 20.5 Å². The van der Waals surface area contributed by atoms with Crippen LogP contribution in [0.3, 0.4) is 0 Å². The van der Waals surface area contributed by atoms with Gasteiger partial charge in [-0.25, -0.2) is 0 Å². The van der Waals surface area contributed by atoms with Crippen molar-refractivity contribution >= 4 is 5.91 Å². The lowest BCUT2D eigenvalue weighted by Gasteiger charge is -2.31. The summed E-state index contributed by atoms with van der Waals surface area (Å²) in [5.41, 5.74) is 2.97. The highest BCUT2D eigenvalue weighted by molar-refractivity contribution is 5.93. The molecule has 1 aromatic carbocycles. The molecule has 0 bridgehead atoms. The summed E-state index contributed by atoms with van der Waals surface area (Å²) < 4.78 is 11.5. The number of ether oxygens (including phenoxy) is 2. The molecule has 1 saturated heterocycles. The molecule has 0 spiro atoms. The highest BCUT2D eigenvalue weighted by Gasteiger charge is 2.29. The highest BCUT2D eigenvalue weighted by atomic mass is 16.5. The van der Waals surface area contributed by atoms with Crippen LogP contribution >= 0.6 is 0 Å². The number of carbonyl (C=O) groups is 1. The van der Waals surface area contributed by atoms with E-state index in [9.17, 15) is 4.79 Å². The van der Waals surface area contributed by atoms with Gasteiger partial charge in [0, 0.05) is 18.4 Å². The molecule has 1 fully saturated rings. The van der Waals surface area contributed by atoms with Gasteiger partial charge >= 0.3 is 0 Å². The first-order valence-electron chi connectivity index (χ1n) is 9.30. The molecule has 28 heavy (non-hydrogen) atoms. The molecular formula is C21H22N4O3. The average molecular weight is 378 g/mol. The van der Waals surface area contributed by atoms with Gasteiger partial charge in [-0.1, -0.05) is 36.4 Å². The quantitative estimate of drug-likeness (QED) is 0.688. The molecule has 1 amide bonds. The fourth-order valence-electron chi connectivity index (χ4n) is 3.16. The molecule has 7 nitrogen and oxygen atoms in total. The number of aromatic nitrogens is 3. The van der Waals surface area contributed by atoms with E-state index in [1.807, 2.05) is 48.5 Å². The summed E-state index contributed by atoms with van der Waals surface area (Å²) in [5.74, 6) is -0.201. The Balaban J connectivity index is 1.39. The lowest BCUT2D eigenvalue weighted by molar-refractivity contribution is -0.0743. The maximum atomic E-state index is 12.7. The summed E-state index contributed by atoms with van der Waals surface area (Å²) in [6, 6.07) is 17.1. The van der Waals surface area contributed by atoms with E-state index in [1.54, 1.807) is 12.3 Å². The number of pyridine rings is 1. The van der Waals surface area contributed by atoms with Crippen molar-refractivity contribution in [2.24, 2.45) is 0 Å². The van der Waals surface area contributed by atoms with Gasteiger partial charge in [-0.15, -0.1) is 0 Å². The van der Waals surface area contributed by atoms with Crippen LogP contribution in [0.2, 0.25) is 0 Å². The molecular weight excluding hydrogens is 356 g/mol. The fraction of sp³-hybridized carbons (Fsp3) is 0.286. The van der Waals surface area contributed by atoms with Crippen molar-refractivity contribution in [3.05, 3.63) is 72.2 Å². The Morgan fingerprint density at radius 3 is 2.89 bits per heavy atom. The Morgan fingerprint density at radius 2 is 2.07 bits per heavy atom. The third-order valence-corrected chi connectivity index (χ3v) is 4.68. The van der Waals surface area contributed by atoms with Crippen molar-refractivity contribution in [2.45, 2.75) is 25.2 Å². The van der Waals surface area contributed by atoms with Crippen LogP contribution < -0.4 is 5.32 Å². The monoisotopic (exact) mass is 378 g/mol. The molecule has 4 rings (SSSR count). The minimum Gasteiger partial charge on any atom is -0.379 e. The van der Waals surface area contributed by atoms with Crippen LogP contribution in [-0.4, -0.2) is 46.4 Å². The number of H-pyrrole nitrogens is 1. The minimum atomic E-state index is -0.226. The van der Waals surface area contributed by atoms with Crippen molar-refractivity contribution in [3.8, 4) is 11.3 Å². The second-order valence-electron chi connectivity index (χ2n) is 6.65. The Morgan fingerprint density at radius 1 is 1.21 bits per heavy atom. The molecule has 144 valence electrons. The van der Waals surface area contributed by atoms with Gasteiger partial charge in [-0.05, 0) is 24.6 Å². The Labute approximate surface area is 163 Å². The van der Waals surface area contributed by atoms with Crippen LogP contribution in [0.1, 0.15) is 22.6 Å². The number of rotatable bonds is 6. The number of hydrogen-bond acceptors (Lipinski definition) is 5. The number of benzene rings is 1. The van der Waals surface area contributed by atoms with Crippen molar-refractivity contribution in [1.29, 1.82) is 0 Å². The standard InChI is InChI=1S/C21H22N4O3/c26-21(19-12-18(24-25-19)15-6-2-1-3-7-15)23-17-9-11-27-14-20(17)28-13-16-8-4-5-10-22-16/h1-8,10,12,17,20H,9,11,13-14H2,(H,23,26)(H,24,25)/t17-,20-/m1/s1. The maximum absolute atomic E-state index is 12.7. The minimum absolute atomic E-state index is 0.131. The largest absolute Gasteiger partial charge is 0.379 e. The second-order valence-corrected chi connectivity index (χ2v) is 6.65. The number of nitrogens with one attached hydrogen (secondary N) is 2. The van der Waals surface area contributed by atoms with E-state index < -0.39 is 0 Å². The normalized spacial score (nSPS) is 19.3. The summed E-state index contributed by atoms with van der Waals surface area (Å²) in [6.45, 7) is 1.41. The predicted octanol–water partition coefficient (Wildman–Crippen LogP) is 2.58. The van der Waals surface area contributed by atoms with Crippen LogP contribution in [0.15, 0.2) is 60.8 Å². The topological polar surface area (TPSA) is 89.1 Å². The van der Waals surface area contributed by atoms with E-state index in [0.29, 0.717) is 31.9 Å². The Kier molecular flexibility index (Phi) is 5.75. The number of hydrogen-bond donors (Lipinski definition) is 2. The number of nitrogens with zero attached hydrogens (tertiary/aromatic N) is 2. The maximum Gasteiger partial charge on any atom is 0.269 e. The van der Waals surface area contributed by atoms with Gasteiger partial charge in [0.05, 0.1) is 30.6 Å². The molecule has 7 heteroatoms. The van der Waals surface area contributed by atoms with E-state index in [2.05, 4.69) is 20.5 Å². The Hall–Kier alpha value is -3.03. The average Bonchev–Trinajstić information content (AvgIpc) is 3.25. The van der Waals surface area contributed by atoms with Crippen LogP contribution in [0.4, 0.5) is 0 Å². The second kappa shape index (κ2) is 8.77. The van der Waals surface area contributed by atoms with Gasteiger partial charge in [0.2, 0.25) is 0 Å². The molecule has 2 aromatic heterocycles. The number of aromatic amines is 1. The van der Waals surface area contributed by atoms with E-state index >= 15 is 0 Å². The first kappa shape index (κ1) is 18.3. The van der Waals surface area contributed by atoms with Crippen LogP contribution in [0.5, 0.6) is 0 Å². The summed E-state index contributed by atoms with van der Waals surface area (Å²) in [6.07, 6.45) is 2.20. The van der Waals surface area contributed by atoms with E-state index in [0.717, 1.165) is 17.0 Å². The zero-order valence-electron chi connectivity index (χ0n) is 15.4. The van der Waals surface area contributed by atoms with Crippen molar-refractivity contribution in [2.75, 3.05) is 13.2 Å². The zero-order valence-corrected chi connectivity index (χ0v) is 15.4. The van der Waals surface area contributed by atoms with Crippen molar-refractivity contribution in [3.63, 3.8) is 0 Å². The fourth-order valence-corrected chi connectivity index (χ4v) is 3.16. The molecule has 0 saturated carbocycles. The zero-order chi connectivity index (χ0) is 19.2. The van der Waals surface area contributed by atoms with Gasteiger partial charge in [0.15, 0.2) is 0 Å². The first-order chi connectivity index (χ1) is 13.8. The van der Waals surface area contributed by atoms with Crippen LogP contribution in [-0.2, 0) is 16.1 Å². The lowest BCUT2D eigenvalue weighted by atomic mass is 10.1. The molecule has 1 aliphatic rings. The van der Waals surface area contributed by atoms with Gasteiger partial charge in [-0.2, -0.15) is 5.10 Å². The highest BCUT2D eigenvalue weighted by Crippen LogP contribution is 2.18. The Bertz CT molecular complexity index is 898. The summed E-state index contributed by atoms with van der Waals surface area (Å²) in [4.78, 5) is 16.9. The van der Waals surface area contributed by atoms with Crippen LogP contribution in [0, 0.1) is 0 Å². The van der Waals surface area contributed by atoms with E-state index in [4.69, 9.17) is 9.47 Å². The third kappa shape index (κ3) is 4.44. The molecule has 0 unspecified atom stereocenters. The summed E-state index contributed by atoms with van der Waals surface area (Å²) >= 11 is 0.